The Bertz CT molecular complexity index is 1660. The van der Waals surface area contributed by atoms with Gasteiger partial charge >= 0.3 is 0 Å². The molecule has 0 saturated carbocycles. The summed E-state index contributed by atoms with van der Waals surface area (Å²) in [5.74, 6) is -0.673. The van der Waals surface area contributed by atoms with Crippen molar-refractivity contribution in [1.82, 2.24) is 9.13 Å². The zero-order valence-electron chi connectivity index (χ0n) is 18.4. The first-order chi connectivity index (χ1) is 16.7. The Hall–Kier alpha value is -4.44. The Morgan fingerprint density at radius 1 is 0.676 bits per heavy atom. The minimum absolute atomic E-state index is 0.251. The van der Waals surface area contributed by atoms with E-state index >= 15 is 0 Å². The van der Waals surface area contributed by atoms with Gasteiger partial charge in [0.2, 0.25) is 0 Å². The van der Waals surface area contributed by atoms with Gasteiger partial charge in [-0.2, -0.15) is 0 Å². The second-order valence-electron chi connectivity index (χ2n) is 8.48. The fourth-order valence-corrected chi connectivity index (χ4v) is 4.53. The minimum atomic E-state index is -0.421. The van der Waals surface area contributed by atoms with Crippen molar-refractivity contribution in [3.8, 4) is 11.1 Å². The lowest BCUT2D eigenvalue weighted by atomic mass is 10.0. The number of benzene rings is 4. The first kappa shape index (κ1) is 20.2. The van der Waals surface area contributed by atoms with Gasteiger partial charge in [-0.25, -0.2) is 4.39 Å². The molecule has 0 N–H and O–H groups in total. The van der Waals surface area contributed by atoms with Crippen molar-refractivity contribution in [3.63, 3.8) is 0 Å². The Balaban J connectivity index is 1.40. The molecule has 0 amide bonds. The zero-order valence-corrected chi connectivity index (χ0v) is 18.4. The molecule has 0 saturated heterocycles. The van der Waals surface area contributed by atoms with Crippen LogP contribution in [0.5, 0.6) is 0 Å². The molecule has 0 unspecified atom stereocenters. The quantitative estimate of drug-likeness (QED) is 0.284. The number of fused-ring (bicyclic) bond motifs is 2. The van der Waals surface area contributed by atoms with Crippen LogP contribution in [-0.4, -0.2) is 15.0 Å². The van der Waals surface area contributed by atoms with Gasteiger partial charge in [0, 0.05) is 35.4 Å². The second kappa shape index (κ2) is 8.16. The van der Waals surface area contributed by atoms with E-state index in [9.17, 15) is 9.18 Å². The third-order valence-electron chi connectivity index (χ3n) is 6.29. The maximum Gasteiger partial charge on any atom is 0.262 e. The molecule has 4 aromatic carbocycles. The average Bonchev–Trinajstić information content (AvgIpc) is 3.47. The third-order valence-corrected chi connectivity index (χ3v) is 6.29. The maximum absolute atomic E-state index is 13.7. The smallest absolute Gasteiger partial charge is 0.262 e. The highest BCUT2D eigenvalue weighted by atomic mass is 19.1. The van der Waals surface area contributed by atoms with Gasteiger partial charge in [-0.15, -0.1) is 0 Å². The molecule has 2 heterocycles. The standard InChI is InChI=1S/C30H21FN2O/c31-27-8-4-7-26(17-27)30(34)33-16-14-23-10-12-25(19-29(23)33)24-11-9-22-13-15-32(28(22)18-24)20-21-5-2-1-3-6-21/h1-19H,20H2. The van der Waals surface area contributed by atoms with E-state index in [1.54, 1.807) is 22.9 Å². The van der Waals surface area contributed by atoms with Crippen LogP contribution in [0.25, 0.3) is 32.9 Å². The van der Waals surface area contributed by atoms with Crippen LogP contribution >= 0.6 is 0 Å². The molecular weight excluding hydrogens is 423 g/mol. The Morgan fingerprint density at radius 2 is 1.38 bits per heavy atom. The Kier molecular flexibility index (Phi) is 4.84. The number of carbonyl (C=O) groups excluding carboxylic acids is 1. The second-order valence-corrected chi connectivity index (χ2v) is 8.48. The normalized spacial score (nSPS) is 11.3. The molecule has 0 fully saturated rings. The monoisotopic (exact) mass is 444 g/mol. The summed E-state index contributed by atoms with van der Waals surface area (Å²) in [7, 11) is 0. The van der Waals surface area contributed by atoms with Crippen molar-refractivity contribution in [1.29, 1.82) is 0 Å². The summed E-state index contributed by atoms with van der Waals surface area (Å²) in [5.41, 5.74) is 5.63. The van der Waals surface area contributed by atoms with Crippen LogP contribution in [0.1, 0.15) is 15.9 Å². The first-order valence-corrected chi connectivity index (χ1v) is 11.2. The van der Waals surface area contributed by atoms with Crippen LogP contribution in [0, 0.1) is 5.82 Å². The van der Waals surface area contributed by atoms with Crippen LogP contribution < -0.4 is 0 Å². The van der Waals surface area contributed by atoms with Gasteiger partial charge in [0.1, 0.15) is 5.82 Å². The molecule has 3 nitrogen and oxygen atoms in total. The van der Waals surface area contributed by atoms with Crippen molar-refractivity contribution in [3.05, 3.63) is 132 Å². The fourth-order valence-electron chi connectivity index (χ4n) is 4.53. The maximum atomic E-state index is 13.7. The minimum Gasteiger partial charge on any atom is -0.343 e. The molecule has 0 atom stereocenters. The summed E-state index contributed by atoms with van der Waals surface area (Å²) >= 11 is 0. The van der Waals surface area contributed by atoms with E-state index in [0.717, 1.165) is 34.1 Å². The average molecular weight is 445 g/mol. The molecule has 0 aliphatic rings. The van der Waals surface area contributed by atoms with E-state index in [4.69, 9.17) is 0 Å². The van der Waals surface area contributed by atoms with Gasteiger partial charge in [-0.1, -0.05) is 60.7 Å². The Labute approximate surface area is 196 Å². The van der Waals surface area contributed by atoms with Crippen LogP contribution in [0.15, 0.2) is 116 Å². The van der Waals surface area contributed by atoms with Gasteiger partial charge in [-0.3, -0.25) is 9.36 Å². The van der Waals surface area contributed by atoms with Crippen molar-refractivity contribution < 1.29 is 9.18 Å². The summed E-state index contributed by atoms with van der Waals surface area (Å²) in [6.07, 6.45) is 3.86. The van der Waals surface area contributed by atoms with E-state index in [2.05, 4.69) is 65.4 Å². The number of aromatic nitrogens is 2. The number of hydrogen-bond acceptors (Lipinski definition) is 1. The van der Waals surface area contributed by atoms with Gasteiger partial charge in [-0.05, 0) is 64.5 Å². The van der Waals surface area contributed by atoms with Crippen LogP contribution in [-0.2, 0) is 6.54 Å². The molecule has 6 aromatic rings. The molecule has 0 bridgehead atoms. The van der Waals surface area contributed by atoms with Crippen LogP contribution in [0.3, 0.4) is 0 Å². The summed E-state index contributed by atoms with van der Waals surface area (Å²) in [4.78, 5) is 13.1. The fraction of sp³-hybridized carbons (Fsp3) is 0.0333. The highest BCUT2D eigenvalue weighted by molar-refractivity contribution is 6.03. The molecule has 0 aliphatic heterocycles. The lowest BCUT2D eigenvalue weighted by Gasteiger charge is -2.09. The van der Waals surface area contributed by atoms with Crippen molar-refractivity contribution in [2.75, 3.05) is 0 Å². The van der Waals surface area contributed by atoms with Gasteiger partial charge < -0.3 is 4.57 Å². The number of hydrogen-bond donors (Lipinski definition) is 0. The highest BCUT2D eigenvalue weighted by Crippen LogP contribution is 2.29. The molecule has 164 valence electrons. The lowest BCUT2D eigenvalue weighted by Crippen LogP contribution is -2.10. The van der Waals surface area contributed by atoms with E-state index in [1.807, 2.05) is 24.3 Å². The number of rotatable bonds is 4. The molecule has 0 radical (unpaired) electrons. The molecule has 4 heteroatoms. The topological polar surface area (TPSA) is 26.9 Å². The number of nitrogens with zero attached hydrogens (tertiary/aromatic N) is 2. The molecule has 0 aliphatic carbocycles. The van der Waals surface area contributed by atoms with Crippen molar-refractivity contribution in [2.45, 2.75) is 6.54 Å². The van der Waals surface area contributed by atoms with E-state index in [-0.39, 0.29) is 5.91 Å². The molecule has 6 rings (SSSR count). The molecule has 34 heavy (non-hydrogen) atoms. The summed E-state index contributed by atoms with van der Waals surface area (Å²) in [5, 5.41) is 2.15. The largest absolute Gasteiger partial charge is 0.343 e. The highest BCUT2D eigenvalue weighted by Gasteiger charge is 2.13. The van der Waals surface area contributed by atoms with Crippen LogP contribution in [0.4, 0.5) is 4.39 Å². The summed E-state index contributed by atoms with van der Waals surface area (Å²) in [6, 6.07) is 32.8. The van der Waals surface area contributed by atoms with Crippen molar-refractivity contribution >= 4 is 27.7 Å². The number of carbonyl (C=O) groups is 1. The lowest BCUT2D eigenvalue weighted by molar-refractivity contribution is 0.0964. The SMILES string of the molecule is O=C(c1cccc(F)c1)n1ccc2ccc(-c3ccc4ccn(Cc5ccccc5)c4c3)cc21. The van der Waals surface area contributed by atoms with Gasteiger partial charge in [0.05, 0.1) is 5.52 Å². The predicted octanol–water partition coefficient (Wildman–Crippen LogP) is 7.14. The first-order valence-electron chi connectivity index (χ1n) is 11.2. The van der Waals surface area contributed by atoms with Gasteiger partial charge in [0.15, 0.2) is 0 Å². The summed E-state index contributed by atoms with van der Waals surface area (Å²) in [6.45, 7) is 0.803. The third kappa shape index (κ3) is 3.59. The van der Waals surface area contributed by atoms with Crippen molar-refractivity contribution in [2.24, 2.45) is 0 Å². The Morgan fingerprint density at radius 3 is 2.15 bits per heavy atom. The number of halogens is 1. The van der Waals surface area contributed by atoms with E-state index in [1.165, 1.54) is 23.1 Å². The predicted molar refractivity (Wildman–Crippen MR) is 135 cm³/mol. The molecule has 2 aromatic heterocycles. The molecule has 0 spiro atoms. The molecular formula is C30H21FN2O. The summed E-state index contributed by atoms with van der Waals surface area (Å²) < 4.78 is 17.5. The van der Waals surface area contributed by atoms with Gasteiger partial charge in [0.25, 0.3) is 5.91 Å². The van der Waals surface area contributed by atoms with Crippen LogP contribution in [0.2, 0.25) is 0 Å². The zero-order chi connectivity index (χ0) is 23.1. The van der Waals surface area contributed by atoms with E-state index in [0.29, 0.717) is 5.56 Å². The van der Waals surface area contributed by atoms with E-state index < -0.39 is 5.82 Å².